The number of esters is 2. The highest BCUT2D eigenvalue weighted by molar-refractivity contribution is 5.95. The first kappa shape index (κ1) is 12.9. The van der Waals surface area contributed by atoms with Crippen LogP contribution < -0.4 is 0 Å². The van der Waals surface area contributed by atoms with Crippen molar-refractivity contribution in [1.82, 2.24) is 0 Å². The molecule has 0 heterocycles. The fourth-order valence-electron chi connectivity index (χ4n) is 0.869. The zero-order chi connectivity index (χ0) is 11.7. The summed E-state index contributed by atoms with van der Waals surface area (Å²) in [6.07, 6.45) is 1.95. The highest BCUT2D eigenvalue weighted by Crippen LogP contribution is 2.11. The van der Waals surface area contributed by atoms with Gasteiger partial charge in [-0.15, -0.1) is 0 Å². The van der Waals surface area contributed by atoms with E-state index in [1.54, 1.807) is 0 Å². The molecule has 0 rings (SSSR count). The molecule has 80 valence electrons. The second kappa shape index (κ2) is 7.33. The van der Waals surface area contributed by atoms with Gasteiger partial charge in [0.05, 0.1) is 18.6 Å². The fraction of sp³-hybridized carbons (Fsp3) is 0.300. The molecule has 0 aromatic carbocycles. The normalized spacial score (nSPS) is 8.80. The summed E-state index contributed by atoms with van der Waals surface area (Å²) in [5, 5.41) is 8.34. The first-order valence-electron chi connectivity index (χ1n) is 4.17. The first-order chi connectivity index (χ1) is 7.17. The van der Waals surface area contributed by atoms with Crippen LogP contribution in [-0.2, 0) is 19.1 Å². The third-order valence-electron chi connectivity index (χ3n) is 1.51. The smallest absolute Gasteiger partial charge is 0.325 e. The van der Waals surface area contributed by atoms with E-state index in [0.29, 0.717) is 0 Å². The molecule has 0 bridgehead atoms. The van der Waals surface area contributed by atoms with Gasteiger partial charge in [0.25, 0.3) is 0 Å². The Hall–Kier alpha value is -2.09. The number of nitriles is 1. The molecule has 0 atom stereocenters. The molecule has 0 aliphatic carbocycles. The van der Waals surface area contributed by atoms with Crippen molar-refractivity contribution in [3.05, 3.63) is 25.7 Å². The van der Waals surface area contributed by atoms with Crippen molar-refractivity contribution in [1.29, 1.82) is 5.26 Å². The molecule has 0 aromatic heterocycles. The summed E-state index contributed by atoms with van der Waals surface area (Å²) < 4.78 is 8.90. The molecular formula is C10H11NO4. The SMILES string of the molecule is C=COC(=O)C(CCC#N)C(=O)OC=C. The summed E-state index contributed by atoms with van der Waals surface area (Å²) in [4.78, 5) is 22.5. The summed E-state index contributed by atoms with van der Waals surface area (Å²) in [6, 6.07) is 1.82. The zero-order valence-electron chi connectivity index (χ0n) is 8.14. The molecule has 5 nitrogen and oxygen atoms in total. The molecule has 0 N–H and O–H groups in total. The lowest BCUT2D eigenvalue weighted by atomic mass is 10.0. The van der Waals surface area contributed by atoms with E-state index < -0.39 is 17.9 Å². The van der Waals surface area contributed by atoms with Gasteiger partial charge in [-0.05, 0) is 6.42 Å². The van der Waals surface area contributed by atoms with E-state index in [0.717, 1.165) is 12.5 Å². The number of hydrogen-bond acceptors (Lipinski definition) is 5. The molecule has 0 radical (unpaired) electrons. The summed E-state index contributed by atoms with van der Waals surface area (Å²) in [5.74, 6) is -2.68. The third kappa shape index (κ3) is 4.62. The van der Waals surface area contributed by atoms with Crippen LogP contribution >= 0.6 is 0 Å². The number of rotatable bonds is 6. The molecule has 15 heavy (non-hydrogen) atoms. The van der Waals surface area contributed by atoms with Crippen LogP contribution in [0.5, 0.6) is 0 Å². The van der Waals surface area contributed by atoms with E-state index >= 15 is 0 Å². The lowest BCUT2D eigenvalue weighted by Gasteiger charge is -2.09. The molecule has 0 spiro atoms. The third-order valence-corrected chi connectivity index (χ3v) is 1.51. The molecule has 0 aromatic rings. The second-order valence-corrected chi connectivity index (χ2v) is 2.46. The Morgan fingerprint density at radius 1 is 1.27 bits per heavy atom. The van der Waals surface area contributed by atoms with Gasteiger partial charge in [-0.3, -0.25) is 9.59 Å². The maximum atomic E-state index is 11.2. The molecule has 0 saturated carbocycles. The number of ether oxygens (including phenoxy) is 2. The summed E-state index contributed by atoms with van der Waals surface area (Å²) in [6.45, 7) is 6.38. The summed E-state index contributed by atoms with van der Waals surface area (Å²) in [7, 11) is 0. The van der Waals surface area contributed by atoms with E-state index in [1.807, 2.05) is 6.07 Å². The Morgan fingerprint density at radius 3 is 2.07 bits per heavy atom. The lowest BCUT2D eigenvalue weighted by Crippen LogP contribution is -2.25. The van der Waals surface area contributed by atoms with Gasteiger partial charge < -0.3 is 9.47 Å². The monoisotopic (exact) mass is 209 g/mol. The van der Waals surface area contributed by atoms with Gasteiger partial charge in [0.15, 0.2) is 5.92 Å². The van der Waals surface area contributed by atoms with Gasteiger partial charge in [-0.1, -0.05) is 13.2 Å². The topological polar surface area (TPSA) is 76.4 Å². The van der Waals surface area contributed by atoms with Crippen molar-refractivity contribution in [2.45, 2.75) is 12.8 Å². The van der Waals surface area contributed by atoms with E-state index in [1.165, 1.54) is 0 Å². The molecular weight excluding hydrogens is 198 g/mol. The van der Waals surface area contributed by atoms with E-state index in [9.17, 15) is 9.59 Å². The minimum atomic E-state index is -1.11. The minimum absolute atomic E-state index is 0.0514. The van der Waals surface area contributed by atoms with Crippen molar-refractivity contribution >= 4 is 11.9 Å². The molecule has 0 fully saturated rings. The maximum Gasteiger partial charge on any atom is 0.325 e. The number of nitrogens with zero attached hydrogens (tertiary/aromatic N) is 1. The maximum absolute atomic E-state index is 11.2. The van der Waals surface area contributed by atoms with Gasteiger partial charge in [0, 0.05) is 6.42 Å². The van der Waals surface area contributed by atoms with E-state index in [-0.39, 0.29) is 12.8 Å². The van der Waals surface area contributed by atoms with Crippen molar-refractivity contribution in [3.8, 4) is 6.07 Å². The number of carbonyl (C=O) groups is 2. The zero-order valence-corrected chi connectivity index (χ0v) is 8.14. The van der Waals surface area contributed by atoms with Crippen LogP contribution in [0.25, 0.3) is 0 Å². The minimum Gasteiger partial charge on any atom is -0.434 e. The van der Waals surface area contributed by atoms with Gasteiger partial charge in [0.1, 0.15) is 0 Å². The largest absolute Gasteiger partial charge is 0.434 e. The predicted molar refractivity (Wildman–Crippen MR) is 50.9 cm³/mol. The van der Waals surface area contributed by atoms with Gasteiger partial charge >= 0.3 is 11.9 Å². The molecule has 0 saturated heterocycles. The van der Waals surface area contributed by atoms with Crippen molar-refractivity contribution in [2.24, 2.45) is 5.92 Å². The Bertz CT molecular complexity index is 281. The van der Waals surface area contributed by atoms with Gasteiger partial charge in [-0.25, -0.2) is 0 Å². The van der Waals surface area contributed by atoms with Gasteiger partial charge in [-0.2, -0.15) is 5.26 Å². The Kier molecular flexibility index (Phi) is 6.31. The number of carbonyl (C=O) groups excluding carboxylic acids is 2. The summed E-state index contributed by atoms with van der Waals surface area (Å²) >= 11 is 0. The highest BCUT2D eigenvalue weighted by atomic mass is 16.5. The Labute approximate surface area is 87.6 Å². The molecule has 5 heteroatoms. The second-order valence-electron chi connectivity index (χ2n) is 2.46. The molecule has 0 unspecified atom stereocenters. The average Bonchev–Trinajstić information content (AvgIpc) is 2.19. The van der Waals surface area contributed by atoms with E-state index in [4.69, 9.17) is 5.26 Å². The quantitative estimate of drug-likeness (QED) is 0.374. The van der Waals surface area contributed by atoms with Crippen LogP contribution in [0.1, 0.15) is 12.8 Å². The van der Waals surface area contributed by atoms with Crippen LogP contribution in [0.15, 0.2) is 25.7 Å². The fourth-order valence-corrected chi connectivity index (χ4v) is 0.869. The molecule has 0 aliphatic heterocycles. The summed E-state index contributed by atoms with van der Waals surface area (Å²) in [5.41, 5.74) is 0. The van der Waals surface area contributed by atoms with Crippen LogP contribution in [-0.4, -0.2) is 11.9 Å². The highest BCUT2D eigenvalue weighted by Gasteiger charge is 2.28. The number of hydrogen-bond donors (Lipinski definition) is 0. The van der Waals surface area contributed by atoms with Crippen LogP contribution in [0, 0.1) is 17.2 Å². The van der Waals surface area contributed by atoms with Crippen LogP contribution in [0.4, 0.5) is 0 Å². The Balaban J connectivity index is 4.48. The van der Waals surface area contributed by atoms with E-state index in [2.05, 4.69) is 22.6 Å². The first-order valence-corrected chi connectivity index (χ1v) is 4.17. The lowest BCUT2D eigenvalue weighted by molar-refractivity contribution is -0.155. The average molecular weight is 209 g/mol. The molecule has 0 aliphatic rings. The molecule has 0 amide bonds. The van der Waals surface area contributed by atoms with Crippen LogP contribution in [0.2, 0.25) is 0 Å². The van der Waals surface area contributed by atoms with Crippen molar-refractivity contribution < 1.29 is 19.1 Å². The van der Waals surface area contributed by atoms with Gasteiger partial charge in [0.2, 0.25) is 0 Å². The van der Waals surface area contributed by atoms with Crippen molar-refractivity contribution in [3.63, 3.8) is 0 Å². The van der Waals surface area contributed by atoms with Crippen LogP contribution in [0.3, 0.4) is 0 Å². The van der Waals surface area contributed by atoms with Crippen molar-refractivity contribution in [2.75, 3.05) is 0 Å². The standard InChI is InChI=1S/C10H11NO4/c1-3-14-9(12)8(6-5-7-11)10(13)15-4-2/h3-4,8H,1-2,5-6H2. The Morgan fingerprint density at radius 2 is 1.73 bits per heavy atom. The predicted octanol–water partition coefficient (Wildman–Crippen LogP) is 1.28.